The van der Waals surface area contributed by atoms with Crippen LogP contribution < -0.4 is 5.73 Å². The second-order valence-electron chi connectivity index (χ2n) is 3.23. The molecule has 0 aliphatic carbocycles. The van der Waals surface area contributed by atoms with Gasteiger partial charge in [-0.25, -0.2) is 9.97 Å². The van der Waals surface area contributed by atoms with Crippen LogP contribution in [0.2, 0.25) is 0 Å². The molecule has 0 unspecified atom stereocenters. The van der Waals surface area contributed by atoms with Gasteiger partial charge in [0.15, 0.2) is 5.69 Å². The molecule has 2 N–H and O–H groups in total. The molecule has 94 valence electrons. The number of amides is 1. The van der Waals surface area contributed by atoms with Crippen molar-refractivity contribution in [3.63, 3.8) is 0 Å². The standard InChI is InChI=1S/C9H6F3N5O/c10-9(11,12)6-5(7(13)18)4-16-17(6)8-14-2-1-3-15-8/h1-4H,(H2,13,18). The lowest BCUT2D eigenvalue weighted by Crippen LogP contribution is -2.21. The van der Waals surface area contributed by atoms with Crippen LogP contribution in [-0.4, -0.2) is 25.7 Å². The first-order chi connectivity index (χ1) is 8.41. The minimum atomic E-state index is -4.79. The molecule has 0 aromatic carbocycles. The Morgan fingerprint density at radius 1 is 1.28 bits per heavy atom. The fraction of sp³-hybridized carbons (Fsp3) is 0.111. The van der Waals surface area contributed by atoms with Crippen molar-refractivity contribution in [3.8, 4) is 5.95 Å². The second-order valence-corrected chi connectivity index (χ2v) is 3.23. The van der Waals surface area contributed by atoms with Crippen molar-refractivity contribution in [3.05, 3.63) is 35.9 Å². The fourth-order valence-electron chi connectivity index (χ4n) is 1.35. The van der Waals surface area contributed by atoms with Gasteiger partial charge in [0.1, 0.15) is 0 Å². The van der Waals surface area contributed by atoms with Crippen molar-refractivity contribution in [1.82, 2.24) is 19.7 Å². The number of aromatic nitrogens is 4. The number of hydrogen-bond acceptors (Lipinski definition) is 4. The number of carbonyl (C=O) groups is 1. The molecule has 0 saturated carbocycles. The van der Waals surface area contributed by atoms with Gasteiger partial charge >= 0.3 is 6.18 Å². The highest BCUT2D eigenvalue weighted by molar-refractivity contribution is 5.94. The van der Waals surface area contributed by atoms with Crippen LogP contribution >= 0.6 is 0 Å². The summed E-state index contributed by atoms with van der Waals surface area (Å²) in [4.78, 5) is 18.2. The Balaban J connectivity index is 2.67. The van der Waals surface area contributed by atoms with Gasteiger partial charge in [-0.2, -0.15) is 23.0 Å². The maximum absolute atomic E-state index is 12.9. The van der Waals surface area contributed by atoms with Crippen LogP contribution in [0.5, 0.6) is 0 Å². The Labute approximate surface area is 98.3 Å². The number of halogens is 3. The quantitative estimate of drug-likeness (QED) is 0.861. The van der Waals surface area contributed by atoms with Crippen LogP contribution in [0, 0.1) is 0 Å². The molecule has 0 aliphatic rings. The van der Waals surface area contributed by atoms with Gasteiger partial charge in [-0.3, -0.25) is 4.79 Å². The smallest absolute Gasteiger partial charge is 0.365 e. The first-order valence-electron chi connectivity index (χ1n) is 4.63. The number of carbonyl (C=O) groups excluding carboxylic acids is 1. The van der Waals surface area contributed by atoms with Gasteiger partial charge < -0.3 is 5.73 Å². The summed E-state index contributed by atoms with van der Waals surface area (Å²) in [5.41, 5.74) is 2.85. The monoisotopic (exact) mass is 257 g/mol. The lowest BCUT2D eigenvalue weighted by atomic mass is 10.2. The van der Waals surface area contributed by atoms with Crippen LogP contribution in [0.3, 0.4) is 0 Å². The fourth-order valence-corrected chi connectivity index (χ4v) is 1.35. The predicted octanol–water partition coefficient (Wildman–Crippen LogP) is 0.780. The first kappa shape index (κ1) is 12.0. The Hall–Kier alpha value is -2.45. The molecule has 0 atom stereocenters. The molecular weight excluding hydrogens is 251 g/mol. The van der Waals surface area contributed by atoms with E-state index in [-0.39, 0.29) is 5.95 Å². The van der Waals surface area contributed by atoms with Crippen LogP contribution in [0.25, 0.3) is 5.95 Å². The second kappa shape index (κ2) is 4.09. The minimum Gasteiger partial charge on any atom is -0.365 e. The molecule has 2 heterocycles. The molecule has 2 rings (SSSR count). The van der Waals surface area contributed by atoms with Gasteiger partial charge in [-0.15, -0.1) is 0 Å². The maximum atomic E-state index is 12.9. The number of rotatable bonds is 2. The molecule has 0 radical (unpaired) electrons. The molecule has 1 amide bonds. The topological polar surface area (TPSA) is 86.7 Å². The summed E-state index contributed by atoms with van der Waals surface area (Å²) in [5, 5.41) is 3.44. The molecule has 6 nitrogen and oxygen atoms in total. The van der Waals surface area contributed by atoms with Gasteiger partial charge in [-0.1, -0.05) is 0 Å². The summed E-state index contributed by atoms with van der Waals surface area (Å²) >= 11 is 0. The van der Waals surface area contributed by atoms with E-state index in [2.05, 4.69) is 15.1 Å². The van der Waals surface area contributed by atoms with E-state index >= 15 is 0 Å². The van der Waals surface area contributed by atoms with Gasteiger partial charge in [-0.05, 0) is 6.07 Å². The first-order valence-corrected chi connectivity index (χ1v) is 4.63. The van der Waals surface area contributed by atoms with Crippen LogP contribution in [-0.2, 0) is 6.18 Å². The molecule has 0 fully saturated rings. The van der Waals surface area contributed by atoms with E-state index in [4.69, 9.17) is 5.73 Å². The molecule has 0 bridgehead atoms. The van der Waals surface area contributed by atoms with Gasteiger partial charge in [0.25, 0.3) is 11.9 Å². The molecule has 0 aliphatic heterocycles. The maximum Gasteiger partial charge on any atom is 0.434 e. The van der Waals surface area contributed by atoms with Crippen molar-refractivity contribution in [2.75, 3.05) is 0 Å². The number of nitrogens with zero attached hydrogens (tertiary/aromatic N) is 4. The van der Waals surface area contributed by atoms with Crippen molar-refractivity contribution in [1.29, 1.82) is 0 Å². The zero-order valence-corrected chi connectivity index (χ0v) is 8.72. The molecule has 2 aromatic rings. The Bertz CT molecular complexity index is 578. The number of primary amides is 1. The van der Waals surface area contributed by atoms with Crippen LogP contribution in [0.4, 0.5) is 13.2 Å². The third-order valence-corrected chi connectivity index (χ3v) is 2.04. The molecule has 9 heteroatoms. The van der Waals surface area contributed by atoms with E-state index < -0.39 is 23.3 Å². The molecule has 18 heavy (non-hydrogen) atoms. The summed E-state index contributed by atoms with van der Waals surface area (Å²) < 4.78 is 39.0. The number of alkyl halides is 3. The number of hydrogen-bond donors (Lipinski definition) is 1. The van der Waals surface area contributed by atoms with Crippen molar-refractivity contribution < 1.29 is 18.0 Å². The van der Waals surface area contributed by atoms with Crippen molar-refractivity contribution in [2.24, 2.45) is 5.73 Å². The van der Waals surface area contributed by atoms with E-state index in [0.717, 1.165) is 6.20 Å². The summed E-state index contributed by atoms with van der Waals surface area (Å²) in [6.07, 6.45) is -1.54. The molecule has 0 saturated heterocycles. The lowest BCUT2D eigenvalue weighted by molar-refractivity contribution is -0.143. The highest BCUT2D eigenvalue weighted by Crippen LogP contribution is 2.32. The predicted molar refractivity (Wildman–Crippen MR) is 52.7 cm³/mol. The third kappa shape index (κ3) is 2.01. The van der Waals surface area contributed by atoms with Crippen molar-refractivity contribution >= 4 is 5.91 Å². The zero-order valence-electron chi connectivity index (χ0n) is 8.72. The summed E-state index contributed by atoms with van der Waals surface area (Å²) in [6.45, 7) is 0. The molecule has 2 aromatic heterocycles. The van der Waals surface area contributed by atoms with Gasteiger partial charge in [0.2, 0.25) is 0 Å². The average Bonchev–Trinajstić information content (AvgIpc) is 2.74. The average molecular weight is 257 g/mol. The van der Waals surface area contributed by atoms with E-state index in [1.165, 1.54) is 18.5 Å². The molecular formula is C9H6F3N5O. The van der Waals surface area contributed by atoms with Gasteiger partial charge in [0.05, 0.1) is 11.8 Å². The number of nitrogens with two attached hydrogens (primary N) is 1. The van der Waals surface area contributed by atoms with E-state index in [1.54, 1.807) is 0 Å². The summed E-state index contributed by atoms with van der Waals surface area (Å²) in [6, 6.07) is 1.44. The Morgan fingerprint density at radius 2 is 1.89 bits per heavy atom. The van der Waals surface area contributed by atoms with E-state index in [1.807, 2.05) is 0 Å². The van der Waals surface area contributed by atoms with Crippen molar-refractivity contribution in [2.45, 2.75) is 6.18 Å². The zero-order chi connectivity index (χ0) is 13.3. The molecule has 0 spiro atoms. The lowest BCUT2D eigenvalue weighted by Gasteiger charge is -2.09. The third-order valence-electron chi connectivity index (χ3n) is 2.04. The van der Waals surface area contributed by atoms with Crippen LogP contribution in [0.15, 0.2) is 24.7 Å². The van der Waals surface area contributed by atoms with E-state index in [0.29, 0.717) is 4.68 Å². The Kier molecular flexibility index (Phi) is 2.73. The highest BCUT2D eigenvalue weighted by Gasteiger charge is 2.40. The van der Waals surface area contributed by atoms with E-state index in [9.17, 15) is 18.0 Å². The SMILES string of the molecule is NC(=O)c1cnn(-c2ncccn2)c1C(F)(F)F. The largest absolute Gasteiger partial charge is 0.434 e. The Morgan fingerprint density at radius 3 is 2.39 bits per heavy atom. The highest BCUT2D eigenvalue weighted by atomic mass is 19.4. The summed E-state index contributed by atoms with van der Waals surface area (Å²) in [7, 11) is 0. The summed E-state index contributed by atoms with van der Waals surface area (Å²) in [5.74, 6) is -1.51. The van der Waals surface area contributed by atoms with Gasteiger partial charge in [0, 0.05) is 12.4 Å². The normalized spacial score (nSPS) is 11.5. The minimum absolute atomic E-state index is 0.294. The van der Waals surface area contributed by atoms with Crippen LogP contribution in [0.1, 0.15) is 16.1 Å².